The minimum absolute atomic E-state index is 0.00721. The van der Waals surface area contributed by atoms with Gasteiger partial charge in [-0.25, -0.2) is 12.8 Å². The molecule has 1 aliphatic rings. The lowest BCUT2D eigenvalue weighted by Crippen LogP contribution is -2.36. The highest BCUT2D eigenvalue weighted by atomic mass is 32.2. The van der Waals surface area contributed by atoms with Crippen LogP contribution in [0.3, 0.4) is 0 Å². The van der Waals surface area contributed by atoms with Gasteiger partial charge in [0.15, 0.2) is 0 Å². The summed E-state index contributed by atoms with van der Waals surface area (Å²) in [6.45, 7) is 3.19. The molecule has 3 rings (SSSR count). The first kappa shape index (κ1) is 18.4. The molecule has 0 aromatic heterocycles. The number of nitrogens with one attached hydrogen (secondary N) is 1. The van der Waals surface area contributed by atoms with Crippen LogP contribution in [0.4, 0.5) is 10.1 Å². The number of benzene rings is 2. The number of nitrogens with zero attached hydrogens (tertiary/aromatic N) is 1. The zero-order chi connectivity index (χ0) is 18.7. The Bertz CT molecular complexity index is 905. The minimum atomic E-state index is -3.87. The van der Waals surface area contributed by atoms with Crippen molar-refractivity contribution >= 4 is 21.6 Å². The molecule has 0 unspecified atom stereocenters. The molecule has 0 spiro atoms. The summed E-state index contributed by atoms with van der Waals surface area (Å²) in [7, 11) is -3.87. The lowest BCUT2D eigenvalue weighted by Gasteiger charge is -2.27. The predicted octanol–water partition coefficient (Wildman–Crippen LogP) is 3.56. The number of sulfonamides is 1. The van der Waals surface area contributed by atoms with Crippen LogP contribution in [0.15, 0.2) is 47.4 Å². The third kappa shape index (κ3) is 4.04. The molecule has 0 aliphatic carbocycles. The second-order valence-corrected chi connectivity index (χ2v) is 8.12. The Morgan fingerprint density at radius 2 is 1.69 bits per heavy atom. The van der Waals surface area contributed by atoms with Crippen molar-refractivity contribution < 1.29 is 17.6 Å². The number of halogens is 1. The molecule has 1 N–H and O–H groups in total. The molecule has 1 aliphatic heterocycles. The van der Waals surface area contributed by atoms with E-state index >= 15 is 0 Å². The van der Waals surface area contributed by atoms with Crippen molar-refractivity contribution in [1.29, 1.82) is 0 Å². The molecule has 0 radical (unpaired) electrons. The molecule has 2 aromatic carbocycles. The summed E-state index contributed by atoms with van der Waals surface area (Å²) >= 11 is 0. The van der Waals surface area contributed by atoms with Gasteiger partial charge >= 0.3 is 0 Å². The molecule has 0 atom stereocenters. The van der Waals surface area contributed by atoms with Crippen molar-refractivity contribution in [2.75, 3.05) is 17.8 Å². The van der Waals surface area contributed by atoms with Crippen LogP contribution in [-0.4, -0.2) is 32.3 Å². The van der Waals surface area contributed by atoms with Gasteiger partial charge in [-0.2, -0.15) is 0 Å². The molecule has 0 bridgehead atoms. The molecule has 2 aromatic rings. The summed E-state index contributed by atoms with van der Waals surface area (Å²) < 4.78 is 40.6. The summed E-state index contributed by atoms with van der Waals surface area (Å²) in [4.78, 5) is 14.5. The molecule has 1 amide bonds. The lowest BCUT2D eigenvalue weighted by molar-refractivity contribution is 0.0723. The normalized spacial score (nSPS) is 14.9. The van der Waals surface area contributed by atoms with Crippen LogP contribution < -0.4 is 4.72 Å². The third-order valence-electron chi connectivity index (χ3n) is 4.49. The molecule has 1 saturated heterocycles. The summed E-state index contributed by atoms with van der Waals surface area (Å²) in [6, 6.07) is 9.57. The Kier molecular flexibility index (Phi) is 5.27. The fraction of sp³-hybridized carbons (Fsp3) is 0.316. The van der Waals surface area contributed by atoms with E-state index < -0.39 is 15.8 Å². The summed E-state index contributed by atoms with van der Waals surface area (Å²) in [5.74, 6) is -0.585. The minimum Gasteiger partial charge on any atom is -0.339 e. The van der Waals surface area contributed by atoms with Crippen LogP contribution in [0.5, 0.6) is 0 Å². The van der Waals surface area contributed by atoms with Gasteiger partial charge in [-0.1, -0.05) is 6.07 Å². The van der Waals surface area contributed by atoms with Gasteiger partial charge in [0.1, 0.15) is 5.82 Å². The molecule has 138 valence electrons. The van der Waals surface area contributed by atoms with E-state index in [1.807, 2.05) is 0 Å². The van der Waals surface area contributed by atoms with Crippen LogP contribution in [-0.2, 0) is 10.0 Å². The Balaban J connectivity index is 1.88. The van der Waals surface area contributed by atoms with E-state index in [1.54, 1.807) is 17.9 Å². The number of aryl methyl sites for hydroxylation is 1. The highest BCUT2D eigenvalue weighted by molar-refractivity contribution is 7.92. The van der Waals surface area contributed by atoms with Gasteiger partial charge in [0, 0.05) is 24.3 Å². The zero-order valence-corrected chi connectivity index (χ0v) is 15.4. The van der Waals surface area contributed by atoms with Gasteiger partial charge in [0.05, 0.1) is 4.90 Å². The van der Waals surface area contributed by atoms with E-state index in [1.165, 1.54) is 36.4 Å². The number of likely N-dealkylation sites (tertiary alicyclic amines) is 1. The summed E-state index contributed by atoms with van der Waals surface area (Å²) in [5, 5.41) is 0. The molecular weight excluding hydrogens is 355 g/mol. The number of hydrogen-bond donors (Lipinski definition) is 1. The van der Waals surface area contributed by atoms with Gasteiger partial charge in [-0.05, 0) is 68.1 Å². The highest BCUT2D eigenvalue weighted by Crippen LogP contribution is 2.22. The summed E-state index contributed by atoms with van der Waals surface area (Å²) in [5.41, 5.74) is 1.39. The zero-order valence-electron chi connectivity index (χ0n) is 14.5. The number of hydrogen-bond acceptors (Lipinski definition) is 3. The summed E-state index contributed by atoms with van der Waals surface area (Å²) in [6.07, 6.45) is 3.04. The molecule has 0 saturated carbocycles. The van der Waals surface area contributed by atoms with Gasteiger partial charge in [-0.15, -0.1) is 0 Å². The molecule has 7 heteroatoms. The second kappa shape index (κ2) is 7.45. The maximum Gasteiger partial charge on any atom is 0.261 e. The van der Waals surface area contributed by atoms with Crippen molar-refractivity contribution in [3.63, 3.8) is 0 Å². The molecule has 5 nitrogen and oxygen atoms in total. The molecule has 26 heavy (non-hydrogen) atoms. The highest BCUT2D eigenvalue weighted by Gasteiger charge is 2.22. The Morgan fingerprint density at radius 1 is 1.04 bits per heavy atom. The van der Waals surface area contributed by atoms with E-state index in [-0.39, 0.29) is 16.5 Å². The van der Waals surface area contributed by atoms with E-state index in [0.717, 1.165) is 24.8 Å². The molecule has 1 fully saturated rings. The fourth-order valence-electron chi connectivity index (χ4n) is 3.00. The first-order valence-corrected chi connectivity index (χ1v) is 10.0. The van der Waals surface area contributed by atoms with Crippen molar-refractivity contribution in [3.8, 4) is 0 Å². The monoisotopic (exact) mass is 376 g/mol. The van der Waals surface area contributed by atoms with Gasteiger partial charge in [0.2, 0.25) is 0 Å². The van der Waals surface area contributed by atoms with E-state index in [9.17, 15) is 17.6 Å². The van der Waals surface area contributed by atoms with Crippen LogP contribution in [0.2, 0.25) is 0 Å². The smallest absolute Gasteiger partial charge is 0.261 e. The largest absolute Gasteiger partial charge is 0.339 e. The Morgan fingerprint density at radius 3 is 2.35 bits per heavy atom. The van der Waals surface area contributed by atoms with Crippen molar-refractivity contribution in [2.24, 2.45) is 0 Å². The first-order valence-electron chi connectivity index (χ1n) is 8.55. The van der Waals surface area contributed by atoms with Crippen LogP contribution in [0.25, 0.3) is 0 Å². The van der Waals surface area contributed by atoms with Crippen molar-refractivity contribution in [3.05, 3.63) is 59.4 Å². The van der Waals surface area contributed by atoms with Gasteiger partial charge in [0.25, 0.3) is 15.9 Å². The number of piperidine rings is 1. The average Bonchev–Trinajstić information content (AvgIpc) is 2.64. The number of amides is 1. The number of carbonyl (C=O) groups is 1. The van der Waals surface area contributed by atoms with Crippen molar-refractivity contribution in [1.82, 2.24) is 4.90 Å². The molecule has 1 heterocycles. The number of carbonyl (C=O) groups excluding carboxylic acids is 1. The first-order chi connectivity index (χ1) is 12.4. The van der Waals surface area contributed by atoms with E-state index in [4.69, 9.17) is 0 Å². The van der Waals surface area contributed by atoms with Crippen LogP contribution in [0, 0.1) is 12.7 Å². The maximum absolute atomic E-state index is 13.0. The standard InChI is InChI=1S/C19H21FN2O3S/c1-14-5-10-17(13-18(14)19(23)22-11-3-2-4-12-22)26(24,25)21-16-8-6-15(20)7-9-16/h5-10,13,21H,2-4,11-12H2,1H3. The lowest BCUT2D eigenvalue weighted by atomic mass is 10.1. The SMILES string of the molecule is Cc1ccc(S(=O)(=O)Nc2ccc(F)cc2)cc1C(=O)N1CCCCC1. The van der Waals surface area contributed by atoms with Crippen LogP contribution >= 0.6 is 0 Å². The molecular formula is C19H21FN2O3S. The van der Waals surface area contributed by atoms with E-state index in [0.29, 0.717) is 18.7 Å². The quantitative estimate of drug-likeness (QED) is 0.887. The van der Waals surface area contributed by atoms with Gasteiger partial charge in [-0.3, -0.25) is 9.52 Å². The Labute approximate surface area is 152 Å². The maximum atomic E-state index is 13.0. The fourth-order valence-corrected chi connectivity index (χ4v) is 4.08. The topological polar surface area (TPSA) is 66.5 Å². The van der Waals surface area contributed by atoms with Crippen molar-refractivity contribution in [2.45, 2.75) is 31.1 Å². The third-order valence-corrected chi connectivity index (χ3v) is 5.87. The average molecular weight is 376 g/mol. The second-order valence-electron chi connectivity index (χ2n) is 6.44. The number of anilines is 1. The van der Waals surface area contributed by atoms with E-state index in [2.05, 4.69) is 4.72 Å². The van der Waals surface area contributed by atoms with Crippen LogP contribution in [0.1, 0.15) is 35.2 Å². The van der Waals surface area contributed by atoms with Gasteiger partial charge < -0.3 is 4.90 Å². The Hall–Kier alpha value is -2.41. The number of rotatable bonds is 4. The predicted molar refractivity (Wildman–Crippen MR) is 98.1 cm³/mol.